The van der Waals surface area contributed by atoms with Crippen LogP contribution in [0.25, 0.3) is 0 Å². The van der Waals surface area contributed by atoms with Crippen molar-refractivity contribution < 1.29 is 65.9 Å². The molecule has 14 nitrogen and oxygen atoms in total. The second-order valence-electron chi connectivity index (χ2n) is 16.8. The summed E-state index contributed by atoms with van der Waals surface area (Å²) in [4.78, 5) is 25.4. The largest absolute Gasteiger partial charge is 0.493 e. The normalized spacial score (nSPS) is 19.5. The van der Waals surface area contributed by atoms with E-state index in [2.05, 4.69) is 62.3 Å². The molecule has 4 aromatic rings. The lowest BCUT2D eigenvalue weighted by Crippen LogP contribution is -2.52. The molecule has 14 heteroatoms. The van der Waals surface area contributed by atoms with E-state index in [1.807, 2.05) is 24.3 Å². The van der Waals surface area contributed by atoms with E-state index < -0.39 is 11.9 Å². The maximum atomic E-state index is 12.7. The van der Waals surface area contributed by atoms with Crippen molar-refractivity contribution >= 4 is 11.9 Å². The fraction of sp³-hybridized carbons (Fsp3) is 0.451. The minimum Gasteiger partial charge on any atom is -0.493 e. The minimum atomic E-state index is -0.781. The van der Waals surface area contributed by atoms with Gasteiger partial charge in [0.25, 0.3) is 0 Å². The van der Waals surface area contributed by atoms with Crippen LogP contribution in [0.5, 0.6) is 46.0 Å². The number of hydrogen-bond acceptors (Lipinski definition) is 12. The zero-order chi connectivity index (χ0) is 46.7. The number of carbonyl (C=O) groups excluding carboxylic acids is 2. The molecule has 4 unspecified atom stereocenters. The highest BCUT2D eigenvalue weighted by molar-refractivity contribution is 5.98. The Balaban J connectivity index is 1.06. The van der Waals surface area contributed by atoms with Gasteiger partial charge in [-0.3, -0.25) is 0 Å². The van der Waals surface area contributed by atoms with Gasteiger partial charge in [-0.1, -0.05) is 6.07 Å². The molecule has 6 rings (SSSR count). The van der Waals surface area contributed by atoms with E-state index in [9.17, 15) is 9.59 Å². The number of carbonyl (C=O) groups is 2. The van der Waals surface area contributed by atoms with Gasteiger partial charge in [0.15, 0.2) is 46.0 Å². The molecule has 348 valence electrons. The van der Waals surface area contributed by atoms with Crippen LogP contribution in [0.15, 0.2) is 60.7 Å². The topological polar surface area (TPSA) is 126 Å². The Labute approximate surface area is 383 Å². The molecule has 0 N–H and O–H groups in total. The third kappa shape index (κ3) is 10.8. The van der Waals surface area contributed by atoms with Crippen molar-refractivity contribution in [2.45, 2.75) is 44.2 Å². The second-order valence-corrected chi connectivity index (χ2v) is 16.8. The molecule has 4 atom stereocenters. The lowest BCUT2D eigenvalue weighted by molar-refractivity contribution is -0.941. The molecule has 2 aliphatic heterocycles. The van der Waals surface area contributed by atoms with Crippen LogP contribution in [0.4, 0.5) is 0 Å². The molecule has 0 aromatic heterocycles. The van der Waals surface area contributed by atoms with Crippen molar-refractivity contribution in [3.05, 3.63) is 94.0 Å². The predicted octanol–water partition coefficient (Wildman–Crippen LogP) is 6.70. The Morgan fingerprint density at radius 2 is 0.954 bits per heavy atom. The average Bonchev–Trinajstić information content (AvgIpc) is 3.33. The van der Waals surface area contributed by atoms with Crippen LogP contribution >= 0.6 is 0 Å². The molecule has 0 aliphatic carbocycles. The van der Waals surface area contributed by atoms with Crippen LogP contribution in [0.2, 0.25) is 0 Å². The lowest BCUT2D eigenvalue weighted by Gasteiger charge is -2.46. The monoisotopic (exact) mass is 896 g/mol. The molecule has 0 saturated heterocycles. The van der Waals surface area contributed by atoms with Gasteiger partial charge in [0.1, 0.15) is 12.1 Å². The summed E-state index contributed by atoms with van der Waals surface area (Å²) in [7, 11) is 17.5. The van der Waals surface area contributed by atoms with E-state index in [0.29, 0.717) is 74.3 Å². The highest BCUT2D eigenvalue weighted by atomic mass is 16.5. The summed E-state index contributed by atoms with van der Waals surface area (Å²) in [6.45, 7) is 3.40. The molecule has 4 aromatic carbocycles. The first-order chi connectivity index (χ1) is 31.4. The molecule has 0 amide bonds. The molecule has 0 spiro atoms. The van der Waals surface area contributed by atoms with Crippen molar-refractivity contribution in [2.75, 3.05) is 110 Å². The highest BCUT2D eigenvalue weighted by Crippen LogP contribution is 2.46. The number of likely N-dealkylation sites (N-methyl/N-ethyl adjacent to an activating group) is 2. The molecule has 65 heavy (non-hydrogen) atoms. The van der Waals surface area contributed by atoms with Crippen LogP contribution in [0.1, 0.15) is 58.3 Å². The Kier molecular flexibility index (Phi) is 16.0. The maximum absolute atomic E-state index is 12.7. The van der Waals surface area contributed by atoms with Gasteiger partial charge >= 0.3 is 11.9 Å². The summed E-state index contributed by atoms with van der Waals surface area (Å²) in [6, 6.07) is 20.3. The van der Waals surface area contributed by atoms with Crippen LogP contribution in [0, 0.1) is 11.8 Å². The summed E-state index contributed by atoms with van der Waals surface area (Å²) in [5, 5.41) is 0. The number of esters is 2. The number of methoxy groups -OCH3 is 8. The van der Waals surface area contributed by atoms with E-state index in [1.54, 1.807) is 56.9 Å². The molecular weight excluding hydrogens is 833 g/mol. The standard InChI is InChI=1S/C51H64N2O12/c1-52(23-19-35-29-45(60-7)47(62-9)32-38(35)40(52)27-34-13-15-41(56-3)43(28-34)58-5)21-11-25-64-49(54)17-18-50(55)65-26-12-22-53(2)24-20-36-30-46(61-8)48(63-10)33-39(36)51(53)37-14-16-42(57-4)44(31-37)59-6/h13-16,28-33,40,51H,11-12,19-27H2,1-10H3/q+2. The Hall–Kier alpha value is -6.30. The van der Waals surface area contributed by atoms with Crippen molar-refractivity contribution in [2.24, 2.45) is 0 Å². The van der Waals surface area contributed by atoms with Gasteiger partial charge in [-0.2, -0.15) is 0 Å². The van der Waals surface area contributed by atoms with Gasteiger partial charge in [-0.25, -0.2) is 9.59 Å². The summed E-state index contributed by atoms with van der Waals surface area (Å²) in [5.74, 6) is 8.42. The third-order valence-corrected chi connectivity index (χ3v) is 13.1. The number of quaternary nitrogens is 2. The summed E-state index contributed by atoms with van der Waals surface area (Å²) in [5.41, 5.74) is 6.85. The van der Waals surface area contributed by atoms with Gasteiger partial charge in [0.05, 0.1) is 110 Å². The Bertz CT molecular complexity index is 2390. The Morgan fingerprint density at radius 1 is 0.523 bits per heavy atom. The molecule has 0 radical (unpaired) electrons. The van der Waals surface area contributed by atoms with E-state index in [4.69, 9.17) is 47.4 Å². The highest BCUT2D eigenvalue weighted by Gasteiger charge is 2.42. The molecule has 2 aliphatic rings. The number of nitrogens with zero attached hydrogens (tertiary/aromatic N) is 2. The van der Waals surface area contributed by atoms with E-state index in [0.717, 1.165) is 55.6 Å². The van der Waals surface area contributed by atoms with E-state index in [1.165, 1.54) is 16.7 Å². The number of benzene rings is 4. The fourth-order valence-corrected chi connectivity index (χ4v) is 9.57. The number of rotatable bonds is 19. The lowest BCUT2D eigenvalue weighted by atomic mass is 9.85. The summed E-state index contributed by atoms with van der Waals surface area (Å²) >= 11 is 0. The van der Waals surface area contributed by atoms with Crippen molar-refractivity contribution in [1.29, 1.82) is 0 Å². The fourth-order valence-electron chi connectivity index (χ4n) is 9.57. The molecule has 0 fully saturated rings. The molecule has 0 saturated carbocycles. The number of fused-ring (bicyclic) bond motifs is 2. The third-order valence-electron chi connectivity index (χ3n) is 13.1. The van der Waals surface area contributed by atoms with Crippen LogP contribution in [0.3, 0.4) is 0 Å². The van der Waals surface area contributed by atoms with Crippen LogP contribution < -0.4 is 37.9 Å². The summed E-state index contributed by atoms with van der Waals surface area (Å²) in [6.07, 6.45) is 3.54. The average molecular weight is 897 g/mol. The minimum absolute atomic E-state index is 0.0571. The molecule has 2 heterocycles. The number of ether oxygens (including phenoxy) is 10. The van der Waals surface area contributed by atoms with Gasteiger partial charge in [-0.05, 0) is 71.3 Å². The SMILES string of the molecule is COc1ccc(CC2c3cc(OC)c(OC)cc3CC[N+]2(C)CCCOC(=O)C#CC(=O)OCCC[N+]2(C)CCc3cc(OC)c(OC)cc3C2c2ccc(OC)c(OC)c2)cc1OC. The Morgan fingerprint density at radius 3 is 1.49 bits per heavy atom. The number of hydrogen-bond donors (Lipinski definition) is 0. The first kappa shape index (κ1) is 48.2. The van der Waals surface area contributed by atoms with Crippen LogP contribution in [-0.2, 0) is 38.3 Å². The van der Waals surface area contributed by atoms with Crippen molar-refractivity contribution in [3.63, 3.8) is 0 Å². The van der Waals surface area contributed by atoms with Gasteiger partial charge in [0.2, 0.25) is 0 Å². The zero-order valence-corrected chi connectivity index (χ0v) is 39.5. The van der Waals surface area contributed by atoms with E-state index >= 15 is 0 Å². The molecule has 0 bridgehead atoms. The first-order valence-electron chi connectivity index (χ1n) is 21.8. The predicted molar refractivity (Wildman–Crippen MR) is 245 cm³/mol. The van der Waals surface area contributed by atoms with Crippen molar-refractivity contribution in [1.82, 2.24) is 0 Å². The van der Waals surface area contributed by atoms with Gasteiger partial charge in [0, 0.05) is 60.6 Å². The van der Waals surface area contributed by atoms with Crippen molar-refractivity contribution in [3.8, 4) is 57.8 Å². The van der Waals surface area contributed by atoms with Crippen LogP contribution in [-0.4, -0.2) is 131 Å². The quantitative estimate of drug-likeness (QED) is 0.0327. The van der Waals surface area contributed by atoms with Gasteiger partial charge < -0.3 is 56.3 Å². The smallest absolute Gasteiger partial charge is 0.384 e. The second kappa shape index (κ2) is 21.6. The first-order valence-corrected chi connectivity index (χ1v) is 21.8. The summed E-state index contributed by atoms with van der Waals surface area (Å²) < 4.78 is 57.4. The maximum Gasteiger partial charge on any atom is 0.384 e. The van der Waals surface area contributed by atoms with E-state index in [-0.39, 0.29) is 25.3 Å². The molecular formula is C51H64N2O12+2. The van der Waals surface area contributed by atoms with Gasteiger partial charge in [-0.15, -0.1) is 0 Å². The zero-order valence-electron chi connectivity index (χ0n) is 39.5.